The third-order valence-corrected chi connectivity index (χ3v) is 5.18. The second kappa shape index (κ2) is 7.38. The number of aromatic nitrogens is 1. The topological polar surface area (TPSA) is 31.4 Å². The number of rotatable bonds is 6. The molecule has 1 fully saturated rings. The monoisotopic (exact) mass is 296 g/mol. The first kappa shape index (κ1) is 15.7. The van der Waals surface area contributed by atoms with Crippen LogP contribution in [0.1, 0.15) is 45.9 Å². The molecule has 0 radical (unpaired) electrons. The molecule has 0 aliphatic carbocycles. The smallest absolute Gasteiger partial charge is 0.185 e. The van der Waals surface area contributed by atoms with Crippen LogP contribution in [-0.4, -0.2) is 48.6 Å². The van der Waals surface area contributed by atoms with Crippen molar-refractivity contribution in [3.63, 3.8) is 0 Å². The summed E-state index contributed by atoms with van der Waals surface area (Å²) in [6.07, 6.45) is 1.24. The summed E-state index contributed by atoms with van der Waals surface area (Å²) in [6, 6.07) is 1.06. The maximum absolute atomic E-state index is 4.81. The summed E-state index contributed by atoms with van der Waals surface area (Å²) in [6.45, 7) is 14.4. The summed E-state index contributed by atoms with van der Waals surface area (Å²) in [4.78, 5) is 9.83. The van der Waals surface area contributed by atoms with E-state index in [2.05, 4.69) is 48.2 Å². The summed E-state index contributed by atoms with van der Waals surface area (Å²) in [5, 5.41) is 6.81. The minimum Gasteiger partial charge on any atom is -0.346 e. The highest BCUT2D eigenvalue weighted by Crippen LogP contribution is 2.25. The normalized spacial score (nSPS) is 20.1. The largest absolute Gasteiger partial charge is 0.346 e. The lowest BCUT2D eigenvalue weighted by Crippen LogP contribution is -2.49. The average Bonchev–Trinajstić information content (AvgIpc) is 2.97. The first-order chi connectivity index (χ1) is 9.65. The second-order valence-electron chi connectivity index (χ2n) is 5.61. The Balaban J connectivity index is 1.91. The molecule has 0 saturated carbocycles. The number of hydrogen-bond donors (Lipinski definition) is 1. The van der Waals surface area contributed by atoms with Crippen LogP contribution < -0.4 is 10.2 Å². The van der Waals surface area contributed by atoms with E-state index in [1.54, 1.807) is 11.3 Å². The van der Waals surface area contributed by atoms with Crippen LogP contribution in [0.2, 0.25) is 0 Å². The van der Waals surface area contributed by atoms with Gasteiger partial charge in [-0.25, -0.2) is 4.98 Å². The van der Waals surface area contributed by atoms with Gasteiger partial charge in [0, 0.05) is 43.6 Å². The quantitative estimate of drug-likeness (QED) is 0.874. The molecule has 2 unspecified atom stereocenters. The highest BCUT2D eigenvalue weighted by Gasteiger charge is 2.22. The van der Waals surface area contributed by atoms with E-state index >= 15 is 0 Å². The zero-order valence-electron chi connectivity index (χ0n) is 13.2. The molecule has 1 aliphatic heterocycles. The highest BCUT2D eigenvalue weighted by molar-refractivity contribution is 7.13. The molecule has 2 atom stereocenters. The highest BCUT2D eigenvalue weighted by atomic mass is 32.1. The molecular weight excluding hydrogens is 268 g/mol. The van der Waals surface area contributed by atoms with Crippen LogP contribution in [0.4, 0.5) is 5.13 Å². The molecular formula is C15H28N4S. The zero-order valence-corrected chi connectivity index (χ0v) is 14.0. The van der Waals surface area contributed by atoms with E-state index in [9.17, 15) is 0 Å². The first-order valence-corrected chi connectivity index (χ1v) is 8.71. The van der Waals surface area contributed by atoms with Crippen molar-refractivity contribution in [2.24, 2.45) is 0 Å². The lowest BCUT2D eigenvalue weighted by Gasteiger charge is -2.37. The van der Waals surface area contributed by atoms with Crippen LogP contribution in [0.3, 0.4) is 0 Å². The Morgan fingerprint density at radius 2 is 1.95 bits per heavy atom. The van der Waals surface area contributed by atoms with E-state index in [0.29, 0.717) is 12.1 Å². The average molecular weight is 296 g/mol. The molecule has 0 bridgehead atoms. The van der Waals surface area contributed by atoms with Gasteiger partial charge in [0.2, 0.25) is 0 Å². The van der Waals surface area contributed by atoms with Gasteiger partial charge in [-0.1, -0.05) is 13.8 Å². The van der Waals surface area contributed by atoms with Gasteiger partial charge in [0.15, 0.2) is 5.13 Å². The molecule has 1 saturated heterocycles. The Labute approximate surface area is 127 Å². The predicted octanol–water partition coefficient (Wildman–Crippen LogP) is 2.73. The van der Waals surface area contributed by atoms with Gasteiger partial charge in [-0.15, -0.1) is 11.3 Å². The molecule has 114 valence electrons. The third-order valence-electron chi connectivity index (χ3n) is 4.26. The summed E-state index contributed by atoms with van der Waals surface area (Å²) < 4.78 is 0. The second-order valence-corrected chi connectivity index (χ2v) is 6.45. The minimum atomic E-state index is 0.353. The number of anilines is 1. The number of hydrogen-bond acceptors (Lipinski definition) is 5. The van der Waals surface area contributed by atoms with Gasteiger partial charge in [-0.2, -0.15) is 0 Å². The van der Waals surface area contributed by atoms with E-state index in [0.717, 1.165) is 32.7 Å². The van der Waals surface area contributed by atoms with Crippen molar-refractivity contribution in [2.75, 3.05) is 37.6 Å². The summed E-state index contributed by atoms with van der Waals surface area (Å²) in [7, 11) is 0. The zero-order chi connectivity index (χ0) is 14.5. The van der Waals surface area contributed by atoms with Gasteiger partial charge in [-0.3, -0.25) is 4.90 Å². The van der Waals surface area contributed by atoms with E-state index in [1.807, 2.05) is 0 Å². The van der Waals surface area contributed by atoms with Crippen molar-refractivity contribution in [1.82, 2.24) is 15.2 Å². The molecule has 0 spiro atoms. The summed E-state index contributed by atoms with van der Waals surface area (Å²) in [5.74, 6) is 0. The molecule has 20 heavy (non-hydrogen) atoms. The van der Waals surface area contributed by atoms with E-state index in [4.69, 9.17) is 4.98 Å². The fourth-order valence-electron chi connectivity index (χ4n) is 2.64. The van der Waals surface area contributed by atoms with Crippen molar-refractivity contribution >= 4 is 16.5 Å². The predicted molar refractivity (Wildman–Crippen MR) is 87.7 cm³/mol. The molecule has 2 heterocycles. The van der Waals surface area contributed by atoms with E-state index < -0.39 is 0 Å². The van der Waals surface area contributed by atoms with Gasteiger partial charge in [-0.05, 0) is 26.8 Å². The van der Waals surface area contributed by atoms with Gasteiger partial charge in [0.1, 0.15) is 0 Å². The lowest BCUT2D eigenvalue weighted by atomic mass is 10.2. The molecule has 4 nitrogen and oxygen atoms in total. The lowest BCUT2D eigenvalue weighted by molar-refractivity contribution is 0.193. The number of piperazine rings is 1. The van der Waals surface area contributed by atoms with Gasteiger partial charge in [0.05, 0.1) is 5.69 Å². The minimum absolute atomic E-state index is 0.353. The molecule has 0 amide bonds. The summed E-state index contributed by atoms with van der Waals surface area (Å²) in [5.41, 5.74) is 1.18. The van der Waals surface area contributed by atoms with Crippen molar-refractivity contribution < 1.29 is 0 Å². The Bertz CT molecular complexity index is 398. The molecule has 2 rings (SSSR count). The van der Waals surface area contributed by atoms with Crippen LogP contribution in [0.25, 0.3) is 0 Å². The Kier molecular flexibility index (Phi) is 5.81. The fraction of sp³-hybridized carbons (Fsp3) is 0.800. The maximum atomic E-state index is 4.81. The Morgan fingerprint density at radius 1 is 1.25 bits per heavy atom. The van der Waals surface area contributed by atoms with Gasteiger partial charge < -0.3 is 10.2 Å². The van der Waals surface area contributed by atoms with Crippen LogP contribution in [0, 0.1) is 0 Å². The Morgan fingerprint density at radius 3 is 2.55 bits per heavy atom. The van der Waals surface area contributed by atoms with Gasteiger partial charge in [0.25, 0.3) is 0 Å². The van der Waals surface area contributed by atoms with Gasteiger partial charge >= 0.3 is 0 Å². The molecule has 1 aromatic rings. The summed E-state index contributed by atoms with van der Waals surface area (Å²) >= 11 is 1.78. The molecule has 1 aromatic heterocycles. The Hall–Kier alpha value is -0.650. The first-order valence-electron chi connectivity index (χ1n) is 7.83. The molecule has 1 aliphatic rings. The number of nitrogens with zero attached hydrogens (tertiary/aromatic N) is 3. The van der Waals surface area contributed by atoms with Crippen LogP contribution in [0.5, 0.6) is 0 Å². The third kappa shape index (κ3) is 3.71. The van der Waals surface area contributed by atoms with Crippen molar-refractivity contribution in [3.05, 3.63) is 11.1 Å². The van der Waals surface area contributed by atoms with Crippen LogP contribution in [0.15, 0.2) is 5.38 Å². The number of thiazole rings is 1. The van der Waals surface area contributed by atoms with Crippen molar-refractivity contribution in [3.8, 4) is 0 Å². The maximum Gasteiger partial charge on any atom is 0.185 e. The molecule has 1 N–H and O–H groups in total. The standard InChI is InChI=1S/C15H28N4S/c1-5-12(3)18-7-9-19(10-8-18)15-17-14(11-20-15)13(4)16-6-2/h11-13,16H,5-10H2,1-4H3. The van der Waals surface area contributed by atoms with E-state index in [1.165, 1.54) is 17.2 Å². The molecule has 0 aromatic carbocycles. The SMILES string of the molecule is CCNC(C)c1csc(N2CCN(C(C)CC)CC2)n1. The van der Waals surface area contributed by atoms with Crippen LogP contribution >= 0.6 is 11.3 Å². The van der Waals surface area contributed by atoms with Crippen molar-refractivity contribution in [2.45, 2.75) is 46.2 Å². The fourth-order valence-corrected chi connectivity index (χ4v) is 3.62. The molecule has 5 heteroatoms. The van der Waals surface area contributed by atoms with Crippen molar-refractivity contribution in [1.29, 1.82) is 0 Å². The number of nitrogens with one attached hydrogen (secondary N) is 1. The van der Waals surface area contributed by atoms with Crippen LogP contribution in [-0.2, 0) is 0 Å². The van der Waals surface area contributed by atoms with E-state index in [-0.39, 0.29) is 0 Å².